The summed E-state index contributed by atoms with van der Waals surface area (Å²) in [4.78, 5) is 26.8. The van der Waals surface area contributed by atoms with Crippen LogP contribution in [0.15, 0.2) is 18.2 Å². The summed E-state index contributed by atoms with van der Waals surface area (Å²) in [5.41, 5.74) is -0.698. The van der Waals surface area contributed by atoms with Gasteiger partial charge in [-0.1, -0.05) is 25.4 Å². The van der Waals surface area contributed by atoms with Gasteiger partial charge in [0, 0.05) is 31.2 Å². The standard InChI is InChI=1S/C18H23ClFN3O2/c1-17(2)10-21-16(25)18(22-11-17)5-7-23(8-6-18)15(24)13-9-12(19)3-4-14(13)20/h3-4,9,22H,5-8,10-11H2,1-2H3,(H,21,25). The molecule has 5 nitrogen and oxygen atoms in total. The van der Waals surface area contributed by atoms with Crippen molar-refractivity contribution in [3.05, 3.63) is 34.6 Å². The van der Waals surface area contributed by atoms with Crippen molar-refractivity contribution in [3.8, 4) is 0 Å². The normalized spacial score (nSPS) is 22.4. The summed E-state index contributed by atoms with van der Waals surface area (Å²) in [6.07, 6.45) is 1.01. The molecule has 2 heterocycles. The molecule has 2 amide bonds. The summed E-state index contributed by atoms with van der Waals surface area (Å²) < 4.78 is 13.9. The molecule has 1 spiro atoms. The Balaban J connectivity index is 1.72. The van der Waals surface area contributed by atoms with Crippen molar-refractivity contribution in [2.24, 2.45) is 5.41 Å². The Labute approximate surface area is 151 Å². The minimum Gasteiger partial charge on any atom is -0.354 e. The van der Waals surface area contributed by atoms with Gasteiger partial charge in [0.25, 0.3) is 5.91 Å². The van der Waals surface area contributed by atoms with Gasteiger partial charge in [0.1, 0.15) is 11.4 Å². The number of carbonyl (C=O) groups is 2. The van der Waals surface area contributed by atoms with Crippen molar-refractivity contribution in [1.29, 1.82) is 0 Å². The lowest BCUT2D eigenvalue weighted by molar-refractivity contribution is -0.128. The van der Waals surface area contributed by atoms with Crippen LogP contribution in [0.25, 0.3) is 0 Å². The Bertz CT molecular complexity index is 700. The highest BCUT2D eigenvalue weighted by Crippen LogP contribution is 2.28. The van der Waals surface area contributed by atoms with Gasteiger partial charge in [-0.2, -0.15) is 0 Å². The summed E-state index contributed by atoms with van der Waals surface area (Å²) in [7, 11) is 0. The molecule has 2 aliphatic rings. The number of halogens is 2. The second-order valence-corrected chi connectivity index (χ2v) is 8.14. The smallest absolute Gasteiger partial charge is 0.256 e. The van der Waals surface area contributed by atoms with E-state index in [4.69, 9.17) is 11.6 Å². The molecule has 2 aliphatic heterocycles. The van der Waals surface area contributed by atoms with Gasteiger partial charge in [-0.05, 0) is 36.5 Å². The van der Waals surface area contributed by atoms with E-state index in [1.165, 1.54) is 18.2 Å². The monoisotopic (exact) mass is 367 g/mol. The molecule has 2 fully saturated rings. The highest BCUT2D eigenvalue weighted by Gasteiger charge is 2.45. The number of nitrogens with zero attached hydrogens (tertiary/aromatic N) is 1. The Morgan fingerprint density at radius 3 is 2.60 bits per heavy atom. The molecule has 0 saturated carbocycles. The number of hydrogen-bond donors (Lipinski definition) is 2. The summed E-state index contributed by atoms with van der Waals surface area (Å²) in [6, 6.07) is 3.96. The van der Waals surface area contributed by atoms with Crippen LogP contribution in [0.2, 0.25) is 5.02 Å². The average molecular weight is 368 g/mol. The Morgan fingerprint density at radius 1 is 1.24 bits per heavy atom. The molecule has 0 aliphatic carbocycles. The van der Waals surface area contributed by atoms with E-state index in [2.05, 4.69) is 24.5 Å². The third-order valence-electron chi connectivity index (χ3n) is 5.13. The van der Waals surface area contributed by atoms with Crippen LogP contribution in [-0.2, 0) is 4.79 Å². The highest BCUT2D eigenvalue weighted by molar-refractivity contribution is 6.31. The molecule has 25 heavy (non-hydrogen) atoms. The number of benzene rings is 1. The zero-order valence-corrected chi connectivity index (χ0v) is 15.3. The van der Waals surface area contributed by atoms with E-state index in [0.29, 0.717) is 37.5 Å². The zero-order chi connectivity index (χ0) is 18.2. The van der Waals surface area contributed by atoms with E-state index >= 15 is 0 Å². The lowest BCUT2D eigenvalue weighted by atomic mass is 9.85. The fourth-order valence-electron chi connectivity index (χ4n) is 3.37. The summed E-state index contributed by atoms with van der Waals surface area (Å²) >= 11 is 5.88. The number of hydrogen-bond acceptors (Lipinski definition) is 3. The number of carbonyl (C=O) groups excluding carboxylic acids is 2. The summed E-state index contributed by atoms with van der Waals surface area (Å²) in [5, 5.41) is 6.74. The topological polar surface area (TPSA) is 61.4 Å². The minimum absolute atomic E-state index is 0.0147. The van der Waals surface area contributed by atoms with Crippen LogP contribution in [0.4, 0.5) is 4.39 Å². The van der Waals surface area contributed by atoms with E-state index in [-0.39, 0.29) is 22.8 Å². The van der Waals surface area contributed by atoms with Crippen molar-refractivity contribution in [2.75, 3.05) is 26.2 Å². The van der Waals surface area contributed by atoms with Crippen molar-refractivity contribution < 1.29 is 14.0 Å². The molecule has 1 aromatic carbocycles. The van der Waals surface area contributed by atoms with Crippen LogP contribution in [0.1, 0.15) is 37.0 Å². The van der Waals surface area contributed by atoms with Gasteiger partial charge in [0.2, 0.25) is 5.91 Å². The molecular formula is C18H23ClFN3O2. The van der Waals surface area contributed by atoms with Crippen LogP contribution >= 0.6 is 11.6 Å². The molecule has 0 unspecified atom stereocenters. The molecule has 0 aromatic heterocycles. The average Bonchev–Trinajstić information content (AvgIpc) is 2.69. The van der Waals surface area contributed by atoms with Crippen molar-refractivity contribution in [2.45, 2.75) is 32.2 Å². The lowest BCUT2D eigenvalue weighted by Crippen LogP contribution is -2.61. The van der Waals surface area contributed by atoms with Gasteiger partial charge >= 0.3 is 0 Å². The zero-order valence-electron chi connectivity index (χ0n) is 14.5. The molecule has 2 saturated heterocycles. The van der Waals surface area contributed by atoms with Crippen LogP contribution in [0, 0.1) is 11.2 Å². The maximum absolute atomic E-state index is 13.9. The quantitative estimate of drug-likeness (QED) is 0.800. The molecule has 1 aromatic rings. The first-order chi connectivity index (χ1) is 11.7. The van der Waals surface area contributed by atoms with Crippen molar-refractivity contribution in [1.82, 2.24) is 15.5 Å². The van der Waals surface area contributed by atoms with Gasteiger partial charge in [0.05, 0.1) is 5.56 Å². The van der Waals surface area contributed by atoms with E-state index in [1.807, 2.05) is 0 Å². The largest absolute Gasteiger partial charge is 0.354 e. The van der Waals surface area contributed by atoms with Crippen LogP contribution in [0.3, 0.4) is 0 Å². The third kappa shape index (κ3) is 3.65. The Hall–Kier alpha value is -1.66. The van der Waals surface area contributed by atoms with E-state index in [9.17, 15) is 14.0 Å². The predicted octanol–water partition coefficient (Wildman–Crippen LogP) is 2.20. The molecule has 2 N–H and O–H groups in total. The van der Waals surface area contributed by atoms with Gasteiger partial charge < -0.3 is 15.5 Å². The minimum atomic E-state index is -0.655. The number of amides is 2. The molecule has 0 atom stereocenters. The predicted molar refractivity (Wildman–Crippen MR) is 94.1 cm³/mol. The van der Waals surface area contributed by atoms with E-state index < -0.39 is 11.4 Å². The number of nitrogens with one attached hydrogen (secondary N) is 2. The SMILES string of the molecule is CC1(C)CNC(=O)C2(CCN(C(=O)c3cc(Cl)ccc3F)CC2)NC1. The maximum atomic E-state index is 13.9. The number of likely N-dealkylation sites (tertiary alicyclic amines) is 1. The van der Waals surface area contributed by atoms with Crippen LogP contribution in [0.5, 0.6) is 0 Å². The molecule has 136 valence electrons. The first-order valence-corrected chi connectivity index (χ1v) is 8.88. The second-order valence-electron chi connectivity index (χ2n) is 7.70. The first-order valence-electron chi connectivity index (χ1n) is 8.50. The first kappa shape index (κ1) is 18.1. The van der Waals surface area contributed by atoms with Crippen molar-refractivity contribution in [3.63, 3.8) is 0 Å². The van der Waals surface area contributed by atoms with Gasteiger partial charge in [-0.25, -0.2) is 4.39 Å². The molecule has 0 radical (unpaired) electrons. The summed E-state index contributed by atoms with van der Waals surface area (Å²) in [5.74, 6) is -0.981. The van der Waals surface area contributed by atoms with Crippen LogP contribution < -0.4 is 10.6 Å². The third-order valence-corrected chi connectivity index (χ3v) is 5.37. The van der Waals surface area contributed by atoms with Gasteiger partial charge in [0.15, 0.2) is 0 Å². The molecule has 0 bridgehead atoms. The number of piperidine rings is 1. The molecule has 7 heteroatoms. The van der Waals surface area contributed by atoms with Crippen molar-refractivity contribution >= 4 is 23.4 Å². The summed E-state index contributed by atoms with van der Waals surface area (Å²) in [6.45, 7) is 6.33. The molecule has 3 rings (SSSR count). The lowest BCUT2D eigenvalue weighted by Gasteiger charge is -2.40. The number of rotatable bonds is 1. The Morgan fingerprint density at radius 2 is 1.92 bits per heavy atom. The Kier molecular flexibility index (Phi) is 4.77. The van der Waals surface area contributed by atoms with Gasteiger partial charge in [-0.15, -0.1) is 0 Å². The fraction of sp³-hybridized carbons (Fsp3) is 0.556. The maximum Gasteiger partial charge on any atom is 0.256 e. The van der Waals surface area contributed by atoms with E-state index in [0.717, 1.165) is 6.54 Å². The fourth-order valence-corrected chi connectivity index (χ4v) is 3.54. The molecular weight excluding hydrogens is 345 g/mol. The highest BCUT2D eigenvalue weighted by atomic mass is 35.5. The van der Waals surface area contributed by atoms with Crippen LogP contribution in [-0.4, -0.2) is 48.4 Å². The van der Waals surface area contributed by atoms with E-state index in [1.54, 1.807) is 4.90 Å². The second kappa shape index (κ2) is 6.57. The van der Waals surface area contributed by atoms with Gasteiger partial charge in [-0.3, -0.25) is 9.59 Å².